The minimum absolute atomic E-state index is 0.113. The van der Waals surface area contributed by atoms with E-state index in [1.54, 1.807) is 6.07 Å². The lowest BCUT2D eigenvalue weighted by atomic mass is 10.1. The second-order valence-electron chi connectivity index (χ2n) is 6.62. The van der Waals surface area contributed by atoms with E-state index in [2.05, 4.69) is 4.74 Å². The monoisotopic (exact) mass is 441 g/mol. The minimum atomic E-state index is -4.07. The molecular weight excluding hydrogens is 427 g/mol. The molecule has 0 radical (unpaired) electrons. The molecule has 0 unspecified atom stereocenters. The molecule has 11 heteroatoms. The first-order chi connectivity index (χ1) is 13.9. The first-order valence-electron chi connectivity index (χ1n) is 8.34. The highest BCUT2D eigenvalue weighted by atomic mass is 32.2. The summed E-state index contributed by atoms with van der Waals surface area (Å²) in [7, 11) is -4.07. The van der Waals surface area contributed by atoms with Crippen LogP contribution in [-0.2, 0) is 19.4 Å². The largest absolute Gasteiger partial charge is 0.457 e. The molecule has 0 aliphatic heterocycles. The van der Waals surface area contributed by atoms with Gasteiger partial charge in [0.05, 0.1) is 16.5 Å². The second-order valence-corrected chi connectivity index (χ2v) is 8.60. The molecule has 1 aliphatic rings. The van der Waals surface area contributed by atoms with Crippen molar-refractivity contribution in [1.82, 2.24) is 0 Å². The predicted molar refractivity (Wildman–Crippen MR) is 95.2 cm³/mol. The molecule has 2 aromatic rings. The fourth-order valence-electron chi connectivity index (χ4n) is 3.21. The number of carbonyl (C=O) groups excluding carboxylic acids is 1. The molecule has 30 heavy (non-hydrogen) atoms. The van der Waals surface area contributed by atoms with Gasteiger partial charge >= 0.3 is 11.9 Å². The van der Waals surface area contributed by atoms with Gasteiger partial charge in [-0.1, -0.05) is 0 Å². The van der Waals surface area contributed by atoms with Crippen LogP contribution in [0.2, 0.25) is 0 Å². The molecule has 2 atom stereocenters. The molecule has 2 aromatic carbocycles. The van der Waals surface area contributed by atoms with E-state index in [4.69, 9.17) is 10.00 Å². The first kappa shape index (κ1) is 21.6. The Kier molecular flexibility index (Phi) is 5.26. The molecule has 0 spiro atoms. The highest BCUT2D eigenvalue weighted by molar-refractivity contribution is 7.90. The summed E-state index contributed by atoms with van der Waals surface area (Å²) in [5.41, 5.74) is -1.35. The number of nitriles is 1. The lowest BCUT2D eigenvalue weighted by Gasteiger charge is -2.22. The van der Waals surface area contributed by atoms with Crippen molar-refractivity contribution in [3.63, 3.8) is 0 Å². The second kappa shape index (κ2) is 7.30. The summed E-state index contributed by atoms with van der Waals surface area (Å²) in [6.45, 7) is 0.858. The quantitative estimate of drug-likeness (QED) is 0.725. The molecule has 3 rings (SSSR count). The summed E-state index contributed by atoms with van der Waals surface area (Å²) in [6.07, 6.45) is -4.18. The molecule has 7 nitrogen and oxygen atoms in total. The van der Waals surface area contributed by atoms with Crippen molar-refractivity contribution < 1.29 is 41.0 Å². The van der Waals surface area contributed by atoms with Crippen molar-refractivity contribution in [3.8, 4) is 17.6 Å². The number of ether oxygens (including phenoxy) is 2. The highest BCUT2D eigenvalue weighted by Crippen LogP contribution is 2.57. The zero-order valence-electron chi connectivity index (χ0n) is 15.5. The van der Waals surface area contributed by atoms with E-state index in [0.29, 0.717) is 0 Å². The van der Waals surface area contributed by atoms with E-state index >= 15 is 0 Å². The molecule has 1 N–H and O–H groups in total. The first-order valence-corrected chi connectivity index (χ1v) is 10.2. The standard InChI is InChI=1S/C19H14F3NO6S/c1-9(24)28-18-16-14(30(2,26)27)4-3-13(15(16)17(25)19(18,21)22)29-12-6-10(8-23)5-11(20)7-12/h3-7,17-18,25H,1-2H3/t17-,18+/m1/s1. The Labute approximate surface area is 169 Å². The van der Waals surface area contributed by atoms with Crippen LogP contribution in [-0.4, -0.2) is 31.7 Å². The maximum absolute atomic E-state index is 14.7. The molecule has 0 heterocycles. The number of rotatable bonds is 4. The number of halogens is 3. The molecule has 158 valence electrons. The smallest absolute Gasteiger partial charge is 0.317 e. The number of alkyl halides is 2. The number of carbonyl (C=O) groups is 1. The predicted octanol–water partition coefficient (Wildman–Crippen LogP) is 3.18. The van der Waals surface area contributed by atoms with Gasteiger partial charge in [-0.15, -0.1) is 0 Å². The van der Waals surface area contributed by atoms with Crippen molar-refractivity contribution in [1.29, 1.82) is 5.26 Å². The lowest BCUT2D eigenvalue weighted by molar-refractivity contribution is -0.193. The number of benzene rings is 2. The summed E-state index contributed by atoms with van der Waals surface area (Å²) in [6, 6.07) is 6.60. The van der Waals surface area contributed by atoms with Crippen molar-refractivity contribution in [2.75, 3.05) is 6.26 Å². The summed E-state index contributed by atoms with van der Waals surface area (Å²) in [4.78, 5) is 10.8. The summed E-state index contributed by atoms with van der Waals surface area (Å²) < 4.78 is 77.5. The minimum Gasteiger partial charge on any atom is -0.457 e. The number of hydrogen-bond donors (Lipinski definition) is 1. The maximum Gasteiger partial charge on any atom is 0.317 e. The third-order valence-electron chi connectivity index (χ3n) is 4.37. The number of aliphatic hydroxyl groups is 1. The van der Waals surface area contributed by atoms with Crippen molar-refractivity contribution in [3.05, 3.63) is 52.8 Å². The van der Waals surface area contributed by atoms with Gasteiger partial charge in [-0.2, -0.15) is 14.0 Å². The average Bonchev–Trinajstić information content (AvgIpc) is 2.81. The molecule has 1 aliphatic carbocycles. The van der Waals surface area contributed by atoms with Crippen LogP contribution in [0, 0.1) is 17.1 Å². The van der Waals surface area contributed by atoms with Crippen LogP contribution < -0.4 is 4.74 Å². The average molecular weight is 441 g/mol. The summed E-state index contributed by atoms with van der Waals surface area (Å²) in [5, 5.41) is 19.2. The summed E-state index contributed by atoms with van der Waals surface area (Å²) in [5.74, 6) is -6.67. The molecule has 0 fully saturated rings. The van der Waals surface area contributed by atoms with Crippen LogP contribution in [0.4, 0.5) is 13.2 Å². The van der Waals surface area contributed by atoms with E-state index in [1.165, 1.54) is 0 Å². The number of sulfone groups is 1. The SMILES string of the molecule is CC(=O)O[C@H]1c2c(S(C)(=O)=O)ccc(Oc3cc(F)cc(C#N)c3)c2[C@@H](O)C1(F)F. The third kappa shape index (κ3) is 3.71. The Balaban J connectivity index is 2.25. The number of hydrogen-bond acceptors (Lipinski definition) is 7. The van der Waals surface area contributed by atoms with E-state index in [-0.39, 0.29) is 11.3 Å². The highest BCUT2D eigenvalue weighted by Gasteiger charge is 2.60. The van der Waals surface area contributed by atoms with Gasteiger partial charge in [0.15, 0.2) is 22.0 Å². The molecule has 0 aromatic heterocycles. The topological polar surface area (TPSA) is 114 Å². The maximum atomic E-state index is 14.7. The van der Waals surface area contributed by atoms with E-state index in [9.17, 15) is 31.5 Å². The van der Waals surface area contributed by atoms with Gasteiger partial charge in [0.25, 0.3) is 0 Å². The number of esters is 1. The normalized spacial score (nSPS) is 19.6. The lowest BCUT2D eigenvalue weighted by Crippen LogP contribution is -2.30. The van der Waals surface area contributed by atoms with Gasteiger partial charge < -0.3 is 14.6 Å². The molecule has 0 amide bonds. The van der Waals surface area contributed by atoms with Crippen LogP contribution in [0.1, 0.15) is 35.8 Å². The van der Waals surface area contributed by atoms with Gasteiger partial charge in [0, 0.05) is 30.4 Å². The number of aliphatic hydroxyl groups excluding tert-OH is 1. The fraction of sp³-hybridized carbons (Fsp3) is 0.263. The van der Waals surface area contributed by atoms with Crippen LogP contribution >= 0.6 is 0 Å². The van der Waals surface area contributed by atoms with Crippen LogP contribution in [0.25, 0.3) is 0 Å². The Morgan fingerprint density at radius 2 is 1.90 bits per heavy atom. The Bertz CT molecular complexity index is 1190. The zero-order valence-corrected chi connectivity index (χ0v) is 16.3. The third-order valence-corrected chi connectivity index (χ3v) is 5.52. The van der Waals surface area contributed by atoms with Gasteiger partial charge in [0.2, 0.25) is 0 Å². The Morgan fingerprint density at radius 3 is 2.47 bits per heavy atom. The van der Waals surface area contributed by atoms with E-state index in [1.807, 2.05) is 0 Å². The van der Waals surface area contributed by atoms with Crippen LogP contribution in [0.5, 0.6) is 11.5 Å². The van der Waals surface area contributed by atoms with Crippen LogP contribution in [0.3, 0.4) is 0 Å². The van der Waals surface area contributed by atoms with Gasteiger partial charge in [0.1, 0.15) is 17.3 Å². The van der Waals surface area contributed by atoms with E-state index < -0.39 is 61.5 Å². The molecule has 0 saturated heterocycles. The molecule has 0 bridgehead atoms. The van der Waals surface area contributed by atoms with Crippen molar-refractivity contribution in [2.24, 2.45) is 0 Å². The van der Waals surface area contributed by atoms with Gasteiger partial charge in [-0.25, -0.2) is 12.8 Å². The Morgan fingerprint density at radius 1 is 1.23 bits per heavy atom. The van der Waals surface area contributed by atoms with Gasteiger partial charge in [-0.05, 0) is 24.3 Å². The molecule has 0 saturated carbocycles. The fourth-order valence-corrected chi connectivity index (χ4v) is 4.14. The molecular formula is C19H14F3NO6S. The van der Waals surface area contributed by atoms with Crippen molar-refractivity contribution in [2.45, 2.75) is 29.9 Å². The number of nitrogens with zero attached hydrogens (tertiary/aromatic N) is 1. The van der Waals surface area contributed by atoms with E-state index in [0.717, 1.165) is 43.5 Å². The van der Waals surface area contributed by atoms with Crippen LogP contribution in [0.15, 0.2) is 35.2 Å². The van der Waals surface area contributed by atoms with Gasteiger partial charge in [-0.3, -0.25) is 4.79 Å². The number of fused-ring (bicyclic) bond motifs is 1. The Hall–Kier alpha value is -3.10. The zero-order chi connectivity index (χ0) is 22.4. The summed E-state index contributed by atoms with van der Waals surface area (Å²) >= 11 is 0. The van der Waals surface area contributed by atoms with Crippen molar-refractivity contribution >= 4 is 15.8 Å².